The van der Waals surface area contributed by atoms with E-state index < -0.39 is 0 Å². The standard InChI is InChI=1S/C15H20Cl2N4/c1-20-14-3-2-12(21(6-4-16)7-5-17)8-13(14)19-15(20)11-9-18-10-11/h2-3,8,11,18H,4-7,9-10H2,1H3. The van der Waals surface area contributed by atoms with Crippen LogP contribution in [-0.2, 0) is 7.05 Å². The van der Waals surface area contributed by atoms with Crippen LogP contribution in [0.5, 0.6) is 0 Å². The second-order valence-corrected chi connectivity index (χ2v) is 6.18. The van der Waals surface area contributed by atoms with Crippen molar-refractivity contribution >= 4 is 39.9 Å². The number of imidazole rings is 1. The number of halogens is 2. The van der Waals surface area contributed by atoms with E-state index in [1.807, 2.05) is 0 Å². The van der Waals surface area contributed by atoms with Gasteiger partial charge >= 0.3 is 0 Å². The molecule has 1 aliphatic rings. The minimum absolute atomic E-state index is 0.535. The zero-order chi connectivity index (χ0) is 14.8. The average Bonchev–Trinajstić information content (AvgIpc) is 2.74. The topological polar surface area (TPSA) is 33.1 Å². The summed E-state index contributed by atoms with van der Waals surface area (Å²) >= 11 is 11.8. The molecule has 0 aliphatic carbocycles. The Hall–Kier alpha value is -0.970. The number of hydrogen-bond acceptors (Lipinski definition) is 3. The summed E-state index contributed by atoms with van der Waals surface area (Å²) in [6.45, 7) is 3.64. The van der Waals surface area contributed by atoms with E-state index >= 15 is 0 Å². The second kappa shape index (κ2) is 6.42. The molecule has 1 aliphatic heterocycles. The van der Waals surface area contributed by atoms with Gasteiger partial charge in [-0.05, 0) is 18.2 Å². The lowest BCUT2D eigenvalue weighted by Gasteiger charge is -2.26. The van der Waals surface area contributed by atoms with Crippen LogP contribution >= 0.6 is 23.2 Å². The molecule has 3 rings (SSSR count). The molecule has 0 bridgehead atoms. The Morgan fingerprint density at radius 3 is 2.57 bits per heavy atom. The highest BCUT2D eigenvalue weighted by Crippen LogP contribution is 2.27. The summed E-state index contributed by atoms with van der Waals surface area (Å²) in [6, 6.07) is 6.42. The van der Waals surface area contributed by atoms with E-state index in [2.05, 4.69) is 40.0 Å². The van der Waals surface area contributed by atoms with Crippen molar-refractivity contribution in [2.45, 2.75) is 5.92 Å². The number of fused-ring (bicyclic) bond motifs is 1. The third kappa shape index (κ3) is 2.85. The Morgan fingerprint density at radius 1 is 1.29 bits per heavy atom. The van der Waals surface area contributed by atoms with Gasteiger partial charge in [0, 0.05) is 56.6 Å². The van der Waals surface area contributed by atoms with E-state index in [-0.39, 0.29) is 0 Å². The Bertz CT molecular complexity index is 615. The molecule has 1 fully saturated rings. The largest absolute Gasteiger partial charge is 0.369 e. The van der Waals surface area contributed by atoms with E-state index in [9.17, 15) is 0 Å². The van der Waals surface area contributed by atoms with Gasteiger partial charge in [-0.1, -0.05) is 0 Å². The summed E-state index contributed by atoms with van der Waals surface area (Å²) in [5, 5.41) is 3.30. The molecular formula is C15H20Cl2N4. The predicted octanol–water partition coefficient (Wildman–Crippen LogP) is 2.54. The second-order valence-electron chi connectivity index (χ2n) is 5.42. The maximum absolute atomic E-state index is 5.89. The predicted molar refractivity (Wildman–Crippen MR) is 90.0 cm³/mol. The van der Waals surface area contributed by atoms with Crippen LogP contribution in [0.1, 0.15) is 11.7 Å². The molecule has 0 saturated carbocycles. The Kier molecular flexibility index (Phi) is 4.57. The van der Waals surface area contributed by atoms with E-state index in [0.717, 1.165) is 37.4 Å². The minimum Gasteiger partial charge on any atom is -0.369 e. The van der Waals surface area contributed by atoms with Gasteiger partial charge in [-0.15, -0.1) is 23.2 Å². The summed E-state index contributed by atoms with van der Waals surface area (Å²) in [6.07, 6.45) is 0. The molecule has 0 radical (unpaired) electrons. The molecule has 1 aromatic carbocycles. The molecule has 2 aromatic rings. The third-order valence-electron chi connectivity index (χ3n) is 4.12. The zero-order valence-corrected chi connectivity index (χ0v) is 13.7. The number of alkyl halides is 2. The molecule has 1 N–H and O–H groups in total. The lowest BCUT2D eigenvalue weighted by molar-refractivity contribution is 0.423. The summed E-state index contributed by atoms with van der Waals surface area (Å²) in [5.41, 5.74) is 3.36. The lowest BCUT2D eigenvalue weighted by Crippen LogP contribution is -2.41. The van der Waals surface area contributed by atoms with Crippen molar-refractivity contribution in [3.8, 4) is 0 Å². The number of benzene rings is 1. The van der Waals surface area contributed by atoms with Crippen LogP contribution in [0, 0.1) is 0 Å². The normalized spacial score (nSPS) is 15.4. The maximum atomic E-state index is 5.89. The highest BCUT2D eigenvalue weighted by Gasteiger charge is 2.24. The van der Waals surface area contributed by atoms with Crippen LogP contribution < -0.4 is 10.2 Å². The average molecular weight is 327 g/mol. The van der Waals surface area contributed by atoms with Crippen molar-refractivity contribution in [3.63, 3.8) is 0 Å². The van der Waals surface area contributed by atoms with Crippen molar-refractivity contribution in [1.82, 2.24) is 14.9 Å². The number of anilines is 1. The van der Waals surface area contributed by atoms with Crippen molar-refractivity contribution in [3.05, 3.63) is 24.0 Å². The molecule has 0 unspecified atom stereocenters. The molecule has 0 atom stereocenters. The van der Waals surface area contributed by atoms with Gasteiger partial charge in [0.15, 0.2) is 0 Å². The highest BCUT2D eigenvalue weighted by atomic mass is 35.5. The fourth-order valence-corrected chi connectivity index (χ4v) is 3.22. The summed E-state index contributed by atoms with van der Waals surface area (Å²) in [7, 11) is 2.10. The SMILES string of the molecule is Cn1c(C2CNC2)nc2cc(N(CCCl)CCCl)ccc21. The van der Waals surface area contributed by atoms with Crippen LogP contribution in [0.25, 0.3) is 11.0 Å². The van der Waals surface area contributed by atoms with E-state index in [4.69, 9.17) is 28.2 Å². The lowest BCUT2D eigenvalue weighted by atomic mass is 10.0. The number of nitrogens with zero attached hydrogens (tertiary/aromatic N) is 3. The van der Waals surface area contributed by atoms with E-state index in [0.29, 0.717) is 17.7 Å². The van der Waals surface area contributed by atoms with Gasteiger partial charge in [0.1, 0.15) is 5.82 Å². The molecule has 6 heteroatoms. The van der Waals surface area contributed by atoms with Gasteiger partial charge < -0.3 is 14.8 Å². The van der Waals surface area contributed by atoms with Gasteiger partial charge in [0.2, 0.25) is 0 Å². The quantitative estimate of drug-likeness (QED) is 0.828. The molecule has 4 nitrogen and oxygen atoms in total. The van der Waals surface area contributed by atoms with Crippen molar-refractivity contribution in [2.24, 2.45) is 7.05 Å². The Morgan fingerprint density at radius 2 is 2.00 bits per heavy atom. The first-order valence-corrected chi connectivity index (χ1v) is 8.35. The summed E-state index contributed by atoms with van der Waals surface area (Å²) in [5.74, 6) is 2.89. The smallest absolute Gasteiger partial charge is 0.115 e. The first-order chi connectivity index (χ1) is 10.2. The van der Waals surface area contributed by atoms with Crippen LogP contribution in [0.3, 0.4) is 0 Å². The van der Waals surface area contributed by atoms with Crippen molar-refractivity contribution < 1.29 is 0 Å². The zero-order valence-electron chi connectivity index (χ0n) is 12.1. The number of hydrogen-bond donors (Lipinski definition) is 1. The number of aryl methyl sites for hydroxylation is 1. The van der Waals surface area contributed by atoms with Crippen molar-refractivity contribution in [1.29, 1.82) is 0 Å². The fourth-order valence-electron chi connectivity index (χ4n) is 2.81. The maximum Gasteiger partial charge on any atom is 0.115 e. The minimum atomic E-state index is 0.535. The number of rotatable bonds is 6. The monoisotopic (exact) mass is 326 g/mol. The molecule has 0 amide bonds. The molecule has 2 heterocycles. The molecular weight excluding hydrogens is 307 g/mol. The molecule has 114 valence electrons. The van der Waals surface area contributed by atoms with Crippen LogP contribution in [0.4, 0.5) is 5.69 Å². The Balaban J connectivity index is 1.95. The van der Waals surface area contributed by atoms with Gasteiger partial charge in [-0.2, -0.15) is 0 Å². The highest BCUT2D eigenvalue weighted by molar-refractivity contribution is 6.18. The first-order valence-electron chi connectivity index (χ1n) is 7.28. The van der Waals surface area contributed by atoms with Gasteiger partial charge in [0.05, 0.1) is 11.0 Å². The van der Waals surface area contributed by atoms with Crippen molar-refractivity contribution in [2.75, 3.05) is 42.8 Å². The number of nitrogens with one attached hydrogen (secondary N) is 1. The van der Waals surface area contributed by atoms with Crippen LogP contribution in [-0.4, -0.2) is 47.5 Å². The summed E-state index contributed by atoms with van der Waals surface area (Å²) < 4.78 is 2.21. The molecule has 21 heavy (non-hydrogen) atoms. The third-order valence-corrected chi connectivity index (χ3v) is 4.46. The first kappa shape index (κ1) is 14.9. The van der Waals surface area contributed by atoms with Crippen LogP contribution in [0.15, 0.2) is 18.2 Å². The fraction of sp³-hybridized carbons (Fsp3) is 0.533. The van der Waals surface area contributed by atoms with E-state index in [1.165, 1.54) is 11.3 Å². The molecule has 0 spiro atoms. The van der Waals surface area contributed by atoms with Gasteiger partial charge in [0.25, 0.3) is 0 Å². The van der Waals surface area contributed by atoms with Crippen LogP contribution in [0.2, 0.25) is 0 Å². The molecule has 1 aromatic heterocycles. The summed E-state index contributed by atoms with van der Waals surface area (Å²) in [4.78, 5) is 7.03. The molecule has 1 saturated heterocycles. The van der Waals surface area contributed by atoms with Gasteiger partial charge in [-0.25, -0.2) is 4.98 Å². The van der Waals surface area contributed by atoms with Gasteiger partial charge in [-0.3, -0.25) is 0 Å². The Labute approximate surface area is 135 Å². The van der Waals surface area contributed by atoms with E-state index in [1.54, 1.807) is 0 Å². The number of aromatic nitrogens is 2.